The van der Waals surface area contributed by atoms with E-state index in [-0.39, 0.29) is 5.56 Å². The number of nitrogens with one attached hydrogen (secondary N) is 2. The molecule has 1 aliphatic rings. The summed E-state index contributed by atoms with van der Waals surface area (Å²) in [5.41, 5.74) is 4.04. The Morgan fingerprint density at radius 3 is 2.45 bits per heavy atom. The number of nitrogens with zero attached hydrogens (tertiary/aromatic N) is 1. The largest absolute Gasteiger partial charge is 0.394 e. The number of hydrogen-bond acceptors (Lipinski definition) is 14. The van der Waals surface area contributed by atoms with Crippen molar-refractivity contribution in [3.05, 3.63) is 41.5 Å². The standard InChI is InChI=1S/C22H31N3O13/c26-8-13(29)20(38-22-19(34)18(33)17(32)14(9-27)37-22)16(31)12(28)7-23-24-21(35)11-3-1-2-10(6-11)4-5-15(30)25-36/h1-7,12-14,16-20,22,26-29,31-34,36H,8-9H2,(H,24,35)(H,25,30)/b5-4+,23-7+/t12-,13+,14+,16+,17-,18-,19+,20-,22-/m0/s1. The Labute approximate surface area is 215 Å². The average molecular weight is 545 g/mol. The van der Waals surface area contributed by atoms with Gasteiger partial charge in [0, 0.05) is 11.6 Å². The first-order valence-corrected chi connectivity index (χ1v) is 11.2. The summed E-state index contributed by atoms with van der Waals surface area (Å²) in [5, 5.41) is 91.3. The summed E-state index contributed by atoms with van der Waals surface area (Å²) in [6.07, 6.45) is -13.1. The number of hydrazone groups is 1. The van der Waals surface area contributed by atoms with Gasteiger partial charge in [-0.3, -0.25) is 14.8 Å². The van der Waals surface area contributed by atoms with Crippen LogP contribution in [0.2, 0.25) is 0 Å². The molecular formula is C22H31N3O13. The van der Waals surface area contributed by atoms with Crippen LogP contribution >= 0.6 is 0 Å². The number of benzene rings is 1. The zero-order valence-electron chi connectivity index (χ0n) is 19.8. The topological polar surface area (TPSA) is 271 Å². The maximum Gasteiger partial charge on any atom is 0.271 e. The molecule has 38 heavy (non-hydrogen) atoms. The van der Waals surface area contributed by atoms with Gasteiger partial charge < -0.3 is 50.3 Å². The van der Waals surface area contributed by atoms with Crippen molar-refractivity contribution in [1.82, 2.24) is 10.9 Å². The van der Waals surface area contributed by atoms with Crippen LogP contribution in [-0.4, -0.2) is 132 Å². The predicted molar refractivity (Wildman–Crippen MR) is 125 cm³/mol. The van der Waals surface area contributed by atoms with Crippen molar-refractivity contribution in [2.75, 3.05) is 13.2 Å². The van der Waals surface area contributed by atoms with Crippen LogP contribution in [0.3, 0.4) is 0 Å². The van der Waals surface area contributed by atoms with Gasteiger partial charge in [0.05, 0.1) is 19.4 Å². The van der Waals surface area contributed by atoms with E-state index in [1.165, 1.54) is 29.8 Å². The van der Waals surface area contributed by atoms with E-state index in [1.807, 2.05) is 0 Å². The molecule has 0 saturated carbocycles. The molecule has 0 unspecified atom stereocenters. The normalized spacial score (nSPS) is 27.1. The third-order valence-electron chi connectivity index (χ3n) is 5.47. The average Bonchev–Trinajstić information content (AvgIpc) is 2.93. The number of carbonyl (C=O) groups excluding carboxylic acids is 2. The molecule has 1 fully saturated rings. The summed E-state index contributed by atoms with van der Waals surface area (Å²) in [7, 11) is 0. The lowest BCUT2D eigenvalue weighted by atomic mass is 9.98. The van der Waals surface area contributed by atoms with Crippen LogP contribution in [-0.2, 0) is 14.3 Å². The van der Waals surface area contributed by atoms with Crippen LogP contribution in [0.5, 0.6) is 0 Å². The van der Waals surface area contributed by atoms with Gasteiger partial charge in [-0.15, -0.1) is 0 Å². The van der Waals surface area contributed by atoms with E-state index in [0.717, 1.165) is 6.08 Å². The Morgan fingerprint density at radius 1 is 1.11 bits per heavy atom. The van der Waals surface area contributed by atoms with Crippen LogP contribution < -0.4 is 10.9 Å². The number of carbonyl (C=O) groups is 2. The summed E-state index contributed by atoms with van der Waals surface area (Å²) in [4.78, 5) is 23.4. The summed E-state index contributed by atoms with van der Waals surface area (Å²) in [6, 6.07) is 5.88. The Hall–Kier alpha value is -2.87. The summed E-state index contributed by atoms with van der Waals surface area (Å²) >= 11 is 0. The molecule has 16 nitrogen and oxygen atoms in total. The van der Waals surface area contributed by atoms with E-state index in [1.54, 1.807) is 6.07 Å². The number of aliphatic hydroxyl groups is 8. The Bertz CT molecular complexity index is 976. The van der Waals surface area contributed by atoms with Gasteiger partial charge in [0.2, 0.25) is 0 Å². The number of aliphatic hydroxyl groups excluding tert-OH is 8. The molecule has 0 aliphatic carbocycles. The molecule has 1 aromatic carbocycles. The second kappa shape index (κ2) is 14.9. The van der Waals surface area contributed by atoms with Crippen LogP contribution in [0, 0.1) is 0 Å². The maximum absolute atomic E-state index is 12.3. The lowest BCUT2D eigenvalue weighted by Crippen LogP contribution is -2.61. The van der Waals surface area contributed by atoms with Gasteiger partial charge in [0.1, 0.15) is 48.8 Å². The van der Waals surface area contributed by atoms with Gasteiger partial charge in [-0.2, -0.15) is 5.10 Å². The monoisotopic (exact) mass is 545 g/mol. The number of hydroxylamine groups is 1. The molecule has 9 atom stereocenters. The van der Waals surface area contributed by atoms with Crippen molar-refractivity contribution in [2.45, 2.75) is 55.1 Å². The smallest absolute Gasteiger partial charge is 0.271 e. The van der Waals surface area contributed by atoms with Gasteiger partial charge in [-0.25, -0.2) is 10.9 Å². The fourth-order valence-corrected chi connectivity index (χ4v) is 3.35. The Balaban J connectivity index is 2.05. The molecule has 11 N–H and O–H groups in total. The number of ether oxygens (including phenoxy) is 2. The van der Waals surface area contributed by atoms with Crippen LogP contribution in [0.4, 0.5) is 0 Å². The second-order valence-electron chi connectivity index (χ2n) is 8.18. The summed E-state index contributed by atoms with van der Waals surface area (Å²) in [6.45, 7) is -1.74. The molecule has 0 bridgehead atoms. The highest BCUT2D eigenvalue weighted by atomic mass is 16.7. The molecule has 2 rings (SSSR count). The van der Waals surface area contributed by atoms with Gasteiger partial charge in [-0.05, 0) is 23.8 Å². The number of amides is 2. The van der Waals surface area contributed by atoms with E-state index >= 15 is 0 Å². The SMILES string of the molecule is O=C(/C=C/c1cccc(C(=O)N/N=C/[C@H](O)[C@@H](O)[C@@H](O[C@@H]2O[C@H](CO)[C@H](O)[C@H](O)[C@H]2O)[C@H](O)CO)c1)NO. The van der Waals surface area contributed by atoms with Gasteiger partial charge in [0.15, 0.2) is 6.29 Å². The van der Waals surface area contributed by atoms with Gasteiger partial charge >= 0.3 is 0 Å². The van der Waals surface area contributed by atoms with Crippen molar-refractivity contribution < 1.29 is 65.1 Å². The van der Waals surface area contributed by atoms with Gasteiger partial charge in [-0.1, -0.05) is 12.1 Å². The van der Waals surface area contributed by atoms with Crippen LogP contribution in [0.25, 0.3) is 6.08 Å². The number of hydrogen-bond donors (Lipinski definition) is 11. The van der Waals surface area contributed by atoms with E-state index in [4.69, 9.17) is 14.7 Å². The zero-order valence-corrected chi connectivity index (χ0v) is 19.8. The second-order valence-corrected chi connectivity index (χ2v) is 8.18. The summed E-state index contributed by atoms with van der Waals surface area (Å²) in [5.74, 6) is -1.52. The molecule has 0 radical (unpaired) electrons. The van der Waals surface area contributed by atoms with Gasteiger partial charge in [0.25, 0.3) is 11.8 Å². The predicted octanol–water partition coefficient (Wildman–Crippen LogP) is -4.82. The molecule has 1 aliphatic heterocycles. The highest BCUT2D eigenvalue weighted by Gasteiger charge is 2.46. The molecule has 212 valence electrons. The minimum atomic E-state index is -2.02. The fraction of sp³-hybridized carbons (Fsp3) is 0.500. The lowest BCUT2D eigenvalue weighted by molar-refractivity contribution is -0.326. The van der Waals surface area contributed by atoms with Crippen molar-refractivity contribution in [3.8, 4) is 0 Å². The quantitative estimate of drug-likeness (QED) is 0.0510. The third-order valence-corrected chi connectivity index (χ3v) is 5.47. The minimum absolute atomic E-state index is 0.100. The molecule has 1 heterocycles. The molecule has 1 aromatic rings. The highest BCUT2D eigenvalue weighted by molar-refractivity contribution is 5.95. The zero-order chi connectivity index (χ0) is 28.4. The van der Waals surface area contributed by atoms with E-state index in [0.29, 0.717) is 11.8 Å². The first-order chi connectivity index (χ1) is 18.0. The minimum Gasteiger partial charge on any atom is -0.394 e. The molecule has 2 amide bonds. The van der Waals surface area contributed by atoms with E-state index in [9.17, 15) is 50.4 Å². The summed E-state index contributed by atoms with van der Waals surface area (Å²) < 4.78 is 10.4. The molecule has 1 saturated heterocycles. The highest BCUT2D eigenvalue weighted by Crippen LogP contribution is 2.24. The van der Waals surface area contributed by atoms with Crippen LogP contribution in [0.15, 0.2) is 35.4 Å². The molecule has 0 spiro atoms. The number of rotatable bonds is 12. The van der Waals surface area contributed by atoms with E-state index in [2.05, 4.69) is 10.5 Å². The first kappa shape index (κ1) is 31.3. The first-order valence-electron chi connectivity index (χ1n) is 11.2. The molecule has 16 heteroatoms. The van der Waals surface area contributed by atoms with Crippen molar-refractivity contribution in [2.24, 2.45) is 5.10 Å². The molecular weight excluding hydrogens is 514 g/mol. The van der Waals surface area contributed by atoms with Crippen molar-refractivity contribution in [3.63, 3.8) is 0 Å². The third kappa shape index (κ3) is 8.32. The lowest BCUT2D eigenvalue weighted by Gasteiger charge is -2.42. The maximum atomic E-state index is 12.3. The molecule has 0 aromatic heterocycles. The Kier molecular flexibility index (Phi) is 12.3. The van der Waals surface area contributed by atoms with Crippen molar-refractivity contribution >= 4 is 24.1 Å². The van der Waals surface area contributed by atoms with Crippen LogP contribution in [0.1, 0.15) is 15.9 Å². The van der Waals surface area contributed by atoms with Crippen molar-refractivity contribution in [1.29, 1.82) is 0 Å². The fourth-order valence-electron chi connectivity index (χ4n) is 3.35. The van der Waals surface area contributed by atoms with E-state index < -0.39 is 80.1 Å². The Morgan fingerprint density at radius 2 is 1.82 bits per heavy atom.